The number of ether oxygens (including phenoxy) is 1. The van der Waals surface area contributed by atoms with E-state index < -0.39 is 5.60 Å². The number of rotatable bonds is 4. The van der Waals surface area contributed by atoms with Crippen LogP contribution in [-0.2, 0) is 18.2 Å². The number of aryl methyl sites for hydroxylation is 1. The van der Waals surface area contributed by atoms with Crippen molar-refractivity contribution in [2.24, 2.45) is 7.05 Å². The molecule has 0 saturated carbocycles. The van der Waals surface area contributed by atoms with Crippen LogP contribution < -0.4 is 0 Å². The molecule has 13 heavy (non-hydrogen) atoms. The van der Waals surface area contributed by atoms with Gasteiger partial charge >= 0.3 is 0 Å². The van der Waals surface area contributed by atoms with Gasteiger partial charge in [-0.2, -0.15) is 5.10 Å². The highest BCUT2D eigenvalue weighted by Gasteiger charge is 2.21. The summed E-state index contributed by atoms with van der Waals surface area (Å²) in [5, 5.41) is 13.8. The highest BCUT2D eigenvalue weighted by molar-refractivity contribution is 5.07. The lowest BCUT2D eigenvalue weighted by Gasteiger charge is -2.20. The third-order valence-corrected chi connectivity index (χ3v) is 1.80. The molecule has 1 aromatic rings. The number of aromatic nitrogens is 2. The molecule has 1 atom stereocenters. The summed E-state index contributed by atoms with van der Waals surface area (Å²) in [5.41, 5.74) is 0.210. The molecule has 1 rings (SSSR count). The molecule has 0 radical (unpaired) electrons. The molecule has 0 bridgehead atoms. The topological polar surface area (TPSA) is 47.3 Å². The van der Waals surface area contributed by atoms with Crippen molar-refractivity contribution in [1.82, 2.24) is 9.78 Å². The van der Waals surface area contributed by atoms with Crippen molar-refractivity contribution in [3.05, 3.63) is 18.0 Å². The summed E-state index contributed by atoms with van der Waals surface area (Å²) in [7, 11) is 3.44. The predicted molar refractivity (Wildman–Crippen MR) is 49.4 cm³/mol. The first kappa shape index (κ1) is 10.2. The molecule has 0 aliphatic heterocycles. The molecule has 0 aliphatic carbocycles. The molecule has 1 unspecified atom stereocenters. The molecular weight excluding hydrogens is 168 g/mol. The summed E-state index contributed by atoms with van der Waals surface area (Å²) in [4.78, 5) is 0. The fraction of sp³-hybridized carbons (Fsp3) is 0.667. The summed E-state index contributed by atoms with van der Waals surface area (Å²) in [6.45, 7) is 2.09. The maximum Gasteiger partial charge on any atom is 0.0893 e. The van der Waals surface area contributed by atoms with E-state index in [0.717, 1.165) is 5.56 Å². The summed E-state index contributed by atoms with van der Waals surface area (Å²) < 4.78 is 6.63. The normalized spacial score (nSPS) is 15.7. The maximum atomic E-state index is 9.82. The Hall–Kier alpha value is -0.870. The van der Waals surface area contributed by atoms with Crippen LogP contribution in [0, 0.1) is 0 Å². The molecule has 0 aromatic carbocycles. The van der Waals surface area contributed by atoms with Crippen molar-refractivity contribution in [2.75, 3.05) is 13.7 Å². The van der Waals surface area contributed by atoms with Crippen molar-refractivity contribution in [2.45, 2.75) is 18.9 Å². The van der Waals surface area contributed by atoms with Crippen molar-refractivity contribution < 1.29 is 9.84 Å². The molecule has 0 fully saturated rings. The zero-order valence-corrected chi connectivity index (χ0v) is 8.32. The average molecular weight is 184 g/mol. The van der Waals surface area contributed by atoms with Crippen LogP contribution in [0.4, 0.5) is 0 Å². The lowest BCUT2D eigenvalue weighted by atomic mass is 10.00. The second kappa shape index (κ2) is 3.89. The quantitative estimate of drug-likeness (QED) is 0.735. The van der Waals surface area contributed by atoms with E-state index in [1.807, 2.05) is 13.2 Å². The van der Waals surface area contributed by atoms with E-state index >= 15 is 0 Å². The largest absolute Gasteiger partial charge is 0.387 e. The van der Waals surface area contributed by atoms with Gasteiger partial charge in [0.25, 0.3) is 0 Å². The first-order valence-electron chi connectivity index (χ1n) is 4.22. The molecule has 4 heteroatoms. The second-order valence-electron chi connectivity index (χ2n) is 3.63. The average Bonchev–Trinajstić information content (AvgIpc) is 2.34. The van der Waals surface area contributed by atoms with Crippen molar-refractivity contribution in [1.29, 1.82) is 0 Å². The Morgan fingerprint density at radius 1 is 1.69 bits per heavy atom. The van der Waals surface area contributed by atoms with E-state index in [1.165, 1.54) is 0 Å². The van der Waals surface area contributed by atoms with Gasteiger partial charge in [-0.3, -0.25) is 4.68 Å². The van der Waals surface area contributed by atoms with Gasteiger partial charge in [-0.25, -0.2) is 0 Å². The van der Waals surface area contributed by atoms with Gasteiger partial charge in [-0.1, -0.05) is 0 Å². The lowest BCUT2D eigenvalue weighted by molar-refractivity contribution is -0.0161. The minimum Gasteiger partial charge on any atom is -0.387 e. The Kier molecular flexibility index (Phi) is 3.06. The fourth-order valence-corrected chi connectivity index (χ4v) is 1.36. The minimum atomic E-state index is -0.808. The molecule has 0 aliphatic rings. The van der Waals surface area contributed by atoms with Crippen molar-refractivity contribution in [3.63, 3.8) is 0 Å². The third kappa shape index (κ3) is 3.16. The van der Waals surface area contributed by atoms with Gasteiger partial charge in [0.2, 0.25) is 0 Å². The highest BCUT2D eigenvalue weighted by Crippen LogP contribution is 2.12. The first-order chi connectivity index (χ1) is 6.03. The highest BCUT2D eigenvalue weighted by atomic mass is 16.5. The Labute approximate surface area is 78.1 Å². The third-order valence-electron chi connectivity index (χ3n) is 1.80. The smallest absolute Gasteiger partial charge is 0.0893 e. The number of aliphatic hydroxyl groups is 1. The second-order valence-corrected chi connectivity index (χ2v) is 3.63. The van der Waals surface area contributed by atoms with Gasteiger partial charge in [0.15, 0.2) is 0 Å². The number of hydrogen-bond donors (Lipinski definition) is 1. The van der Waals surface area contributed by atoms with Crippen LogP contribution in [0.3, 0.4) is 0 Å². The maximum absolute atomic E-state index is 9.82. The van der Waals surface area contributed by atoms with E-state index in [0.29, 0.717) is 13.0 Å². The molecule has 1 N–H and O–H groups in total. The van der Waals surface area contributed by atoms with Gasteiger partial charge in [-0.15, -0.1) is 0 Å². The van der Waals surface area contributed by atoms with Gasteiger partial charge < -0.3 is 9.84 Å². The van der Waals surface area contributed by atoms with E-state index in [1.54, 1.807) is 24.9 Å². The van der Waals surface area contributed by atoms with Crippen LogP contribution in [-0.4, -0.2) is 34.2 Å². The van der Waals surface area contributed by atoms with E-state index in [4.69, 9.17) is 4.74 Å². The van der Waals surface area contributed by atoms with E-state index in [9.17, 15) is 5.11 Å². The van der Waals surface area contributed by atoms with Crippen molar-refractivity contribution in [3.8, 4) is 0 Å². The Morgan fingerprint density at radius 3 is 2.85 bits per heavy atom. The molecule has 0 saturated heterocycles. The standard InChI is InChI=1S/C9H16N2O2/c1-9(12,7-13-3)4-8-5-10-11(2)6-8/h5-6,12H,4,7H2,1-3H3. The van der Waals surface area contributed by atoms with Crippen LogP contribution in [0.15, 0.2) is 12.4 Å². The lowest BCUT2D eigenvalue weighted by Crippen LogP contribution is -2.32. The molecular formula is C9H16N2O2. The molecule has 74 valence electrons. The van der Waals surface area contributed by atoms with Gasteiger partial charge in [-0.05, 0) is 12.5 Å². The zero-order chi connectivity index (χ0) is 9.90. The molecule has 1 heterocycles. The number of hydrogen-bond acceptors (Lipinski definition) is 3. The van der Waals surface area contributed by atoms with Crippen LogP contribution >= 0.6 is 0 Å². The van der Waals surface area contributed by atoms with Crippen LogP contribution in [0.2, 0.25) is 0 Å². The Balaban J connectivity index is 2.57. The zero-order valence-electron chi connectivity index (χ0n) is 8.32. The summed E-state index contributed by atoms with van der Waals surface area (Å²) in [6, 6.07) is 0. The van der Waals surface area contributed by atoms with Crippen LogP contribution in [0.5, 0.6) is 0 Å². The Morgan fingerprint density at radius 2 is 2.38 bits per heavy atom. The van der Waals surface area contributed by atoms with Crippen molar-refractivity contribution >= 4 is 0 Å². The first-order valence-corrected chi connectivity index (χ1v) is 4.22. The summed E-state index contributed by atoms with van der Waals surface area (Å²) in [6.07, 6.45) is 4.21. The Bertz CT molecular complexity index is 268. The van der Waals surface area contributed by atoms with Crippen LogP contribution in [0.25, 0.3) is 0 Å². The molecule has 0 spiro atoms. The molecule has 1 aromatic heterocycles. The number of methoxy groups -OCH3 is 1. The molecule has 0 amide bonds. The van der Waals surface area contributed by atoms with E-state index in [2.05, 4.69) is 5.10 Å². The van der Waals surface area contributed by atoms with Gasteiger partial charge in [0.05, 0.1) is 18.4 Å². The fourth-order valence-electron chi connectivity index (χ4n) is 1.36. The van der Waals surface area contributed by atoms with E-state index in [-0.39, 0.29) is 0 Å². The summed E-state index contributed by atoms with van der Waals surface area (Å²) >= 11 is 0. The number of nitrogens with zero attached hydrogens (tertiary/aromatic N) is 2. The molecule has 4 nitrogen and oxygen atoms in total. The monoisotopic (exact) mass is 184 g/mol. The predicted octanol–water partition coefficient (Wildman–Crippen LogP) is 0.360. The van der Waals surface area contributed by atoms with Gasteiger partial charge in [0, 0.05) is 26.8 Å². The summed E-state index contributed by atoms with van der Waals surface area (Å²) in [5.74, 6) is 0. The minimum absolute atomic E-state index is 0.335. The van der Waals surface area contributed by atoms with Crippen LogP contribution in [0.1, 0.15) is 12.5 Å². The SMILES string of the molecule is COCC(C)(O)Cc1cnn(C)c1. The van der Waals surface area contributed by atoms with Gasteiger partial charge in [0.1, 0.15) is 0 Å².